The number of Topliss-reactive ketones (excluding diaryl/α,β-unsaturated/α-hetero) is 2. The molecule has 93 heavy (non-hydrogen) atoms. The van der Waals surface area contributed by atoms with Crippen molar-refractivity contribution in [1.29, 1.82) is 5.26 Å². The Morgan fingerprint density at radius 3 is 1.56 bits per heavy atom. The van der Waals surface area contributed by atoms with Gasteiger partial charge >= 0.3 is 6.18 Å². The van der Waals surface area contributed by atoms with Crippen LogP contribution in [-0.2, 0) is 44.2 Å². The molecule has 2 amide bonds. The van der Waals surface area contributed by atoms with Crippen molar-refractivity contribution in [2.75, 3.05) is 92.4 Å². The van der Waals surface area contributed by atoms with Crippen molar-refractivity contribution >= 4 is 29.1 Å². The molecular formula is C68H69F3N10O12. The lowest BCUT2D eigenvalue weighted by Crippen LogP contribution is -2.35. The Hall–Kier alpha value is -9.99. The molecule has 4 aromatic carbocycles. The molecule has 0 radical (unpaired) electrons. The summed E-state index contributed by atoms with van der Waals surface area (Å²) >= 11 is 0. The van der Waals surface area contributed by atoms with Crippen molar-refractivity contribution in [3.63, 3.8) is 0 Å². The molecule has 0 atom stereocenters. The summed E-state index contributed by atoms with van der Waals surface area (Å²) in [4.78, 5) is 83.4. The molecule has 4 aromatic heterocycles. The SMILES string of the molecule is [C-]#[N+]c1ccc(-n2nccc2-c2cc(C(=O)CCCOCCOCCOCCCC(=O)C(=O)NCCOCCOCCOCCNC(=O)c3cc(-c4ccnn4-c4ccc(C#N)cc4)c(C)n(-c4cccc(C)c4)c3=O)c(=O)n(-c3cccc(C(F)(F)F)c3)c2C)cc1. The quantitative estimate of drug-likeness (QED) is 0.0163. The summed E-state index contributed by atoms with van der Waals surface area (Å²) < 4.78 is 80.7. The highest BCUT2D eigenvalue weighted by atomic mass is 19.4. The smallest absolute Gasteiger partial charge is 0.379 e. The molecule has 0 aliphatic carbocycles. The molecule has 4 heterocycles. The lowest BCUT2D eigenvalue weighted by Gasteiger charge is -2.18. The number of hydrogen-bond donors (Lipinski definition) is 2. The number of ketones is 2. The monoisotopic (exact) mass is 1270 g/mol. The Balaban J connectivity index is 0.652. The van der Waals surface area contributed by atoms with Crippen molar-refractivity contribution in [1.82, 2.24) is 39.3 Å². The number of benzene rings is 4. The fourth-order valence-electron chi connectivity index (χ4n) is 9.94. The van der Waals surface area contributed by atoms with E-state index in [0.717, 1.165) is 22.3 Å². The number of amides is 2. The van der Waals surface area contributed by atoms with E-state index in [-0.39, 0.29) is 134 Å². The Labute approximate surface area is 533 Å². The largest absolute Gasteiger partial charge is 0.416 e. The van der Waals surface area contributed by atoms with Crippen LogP contribution in [0.4, 0.5) is 18.9 Å². The Bertz CT molecular complexity index is 4110. The molecule has 8 aromatic rings. The van der Waals surface area contributed by atoms with Crippen molar-refractivity contribution < 1.29 is 60.8 Å². The van der Waals surface area contributed by atoms with Gasteiger partial charge in [0.05, 0.1) is 131 Å². The van der Waals surface area contributed by atoms with Crippen molar-refractivity contribution in [3.8, 4) is 51.3 Å². The Morgan fingerprint density at radius 2 is 1.03 bits per heavy atom. The van der Waals surface area contributed by atoms with E-state index in [4.69, 9.17) is 35.0 Å². The van der Waals surface area contributed by atoms with Crippen LogP contribution in [0.15, 0.2) is 143 Å². The number of nitrogens with one attached hydrogen (secondary N) is 2. The van der Waals surface area contributed by atoms with Gasteiger partial charge in [0.1, 0.15) is 5.56 Å². The van der Waals surface area contributed by atoms with E-state index in [1.165, 1.54) is 29.0 Å². The minimum atomic E-state index is -4.69. The van der Waals surface area contributed by atoms with Gasteiger partial charge in [-0.25, -0.2) is 14.2 Å². The number of aromatic nitrogens is 6. The molecule has 22 nitrogen and oxygen atoms in total. The highest BCUT2D eigenvalue weighted by molar-refractivity contribution is 6.36. The normalized spacial score (nSPS) is 11.3. The molecule has 0 aliphatic rings. The van der Waals surface area contributed by atoms with Crippen LogP contribution in [-0.4, -0.2) is 144 Å². The summed E-state index contributed by atoms with van der Waals surface area (Å²) in [7, 11) is 0. The van der Waals surface area contributed by atoms with Crippen molar-refractivity contribution in [2.24, 2.45) is 0 Å². The second-order valence-electron chi connectivity index (χ2n) is 21.1. The molecule has 0 spiro atoms. The minimum absolute atomic E-state index is 0.0186. The molecule has 2 N–H and O–H groups in total. The average molecular weight is 1280 g/mol. The average Bonchev–Trinajstić information content (AvgIpc) is 1.75. The third-order valence-electron chi connectivity index (χ3n) is 14.6. The maximum atomic E-state index is 14.0. The molecule has 25 heteroatoms. The van der Waals surface area contributed by atoms with E-state index in [2.05, 4.69) is 31.7 Å². The van der Waals surface area contributed by atoms with E-state index in [0.29, 0.717) is 62.9 Å². The maximum Gasteiger partial charge on any atom is 0.416 e. The predicted molar refractivity (Wildman–Crippen MR) is 337 cm³/mol. The van der Waals surface area contributed by atoms with E-state index < -0.39 is 46.2 Å². The second kappa shape index (κ2) is 33.9. The molecule has 0 saturated heterocycles. The molecule has 0 bridgehead atoms. The van der Waals surface area contributed by atoms with Crippen LogP contribution >= 0.6 is 0 Å². The first-order valence-electron chi connectivity index (χ1n) is 29.9. The van der Waals surface area contributed by atoms with Crippen LogP contribution in [0, 0.1) is 38.7 Å². The second-order valence-corrected chi connectivity index (χ2v) is 21.1. The maximum absolute atomic E-state index is 14.0. The van der Waals surface area contributed by atoms with Crippen LogP contribution in [0.3, 0.4) is 0 Å². The van der Waals surface area contributed by atoms with Crippen molar-refractivity contribution in [2.45, 2.75) is 52.6 Å². The summed E-state index contributed by atoms with van der Waals surface area (Å²) in [5.74, 6) is -2.43. The summed E-state index contributed by atoms with van der Waals surface area (Å²) in [6, 6.07) is 33.8. The van der Waals surface area contributed by atoms with Gasteiger partial charge in [-0.05, 0) is 130 Å². The number of nitrogens with zero attached hydrogens (tertiary/aromatic N) is 8. The number of pyridine rings is 2. The number of carbonyl (C=O) groups is 4. The Morgan fingerprint density at radius 1 is 0.559 bits per heavy atom. The summed E-state index contributed by atoms with van der Waals surface area (Å²) in [6.07, 6.45) is -1.11. The fraction of sp³-hybridized carbons (Fsp3) is 0.324. The van der Waals surface area contributed by atoms with Gasteiger partial charge in [0.15, 0.2) is 11.5 Å². The number of ether oxygens (including phenoxy) is 6. The molecule has 484 valence electrons. The number of aryl methyl sites for hydroxylation is 1. The van der Waals surface area contributed by atoms with E-state index >= 15 is 0 Å². The lowest BCUT2D eigenvalue weighted by molar-refractivity contribution is -0.138. The predicted octanol–water partition coefficient (Wildman–Crippen LogP) is 9.02. The minimum Gasteiger partial charge on any atom is -0.379 e. The van der Waals surface area contributed by atoms with Gasteiger partial charge < -0.3 is 39.1 Å². The third-order valence-corrected chi connectivity index (χ3v) is 14.6. The van der Waals surface area contributed by atoms with Crippen LogP contribution < -0.4 is 21.8 Å². The highest BCUT2D eigenvalue weighted by Crippen LogP contribution is 2.33. The third kappa shape index (κ3) is 18.6. The molecule has 0 unspecified atom stereocenters. The van der Waals surface area contributed by atoms with E-state index in [9.17, 15) is 47.2 Å². The highest BCUT2D eigenvalue weighted by Gasteiger charge is 2.31. The summed E-state index contributed by atoms with van der Waals surface area (Å²) in [5, 5.41) is 23.5. The van der Waals surface area contributed by atoms with E-state index in [1.807, 2.05) is 32.0 Å². The lowest BCUT2D eigenvalue weighted by atomic mass is 10.0. The molecular weight excluding hydrogens is 1210 g/mol. The first-order valence-corrected chi connectivity index (χ1v) is 29.9. The standard InChI is InChI=1S/C68H69F3N10O12/c1-46-9-5-11-54(41-46)78-48(3)57(61-24-26-76-80(61)52-19-15-49(45-72)16-20-52)44-59(67(78)87)64(84)74-27-31-90-35-39-93-40-36-91-32-28-75-65(85)63(83)14-8-30-89-34-38-92-37-33-88-29-7-13-62(82)58-43-56(60-23-25-77-81(60)53-21-17-51(73-4)18-22-53)47(2)79(66(58)86)55-12-6-10-50(42-55)68(69,70)71/h5-6,9-12,15-26,41-44H,7-8,13-14,27-40H2,1-3H3,(H,74,84)(H,75,85). The zero-order chi connectivity index (χ0) is 66.3. The molecule has 0 aliphatic heterocycles. The number of hydrogen-bond acceptors (Lipinski definition) is 15. The van der Waals surface area contributed by atoms with Crippen molar-refractivity contribution in [3.05, 3.63) is 205 Å². The van der Waals surface area contributed by atoms with E-state index in [1.54, 1.807) is 95.3 Å². The van der Waals surface area contributed by atoms with Gasteiger partial charge in [-0.3, -0.25) is 37.9 Å². The fourth-order valence-corrected chi connectivity index (χ4v) is 9.94. The molecule has 0 saturated carbocycles. The van der Waals surface area contributed by atoms with Crippen LogP contribution in [0.2, 0.25) is 0 Å². The number of rotatable bonds is 35. The zero-order valence-electron chi connectivity index (χ0n) is 51.5. The zero-order valence-corrected chi connectivity index (χ0v) is 51.5. The van der Waals surface area contributed by atoms with Gasteiger partial charge in [-0.2, -0.15) is 28.6 Å². The first-order chi connectivity index (χ1) is 45.0. The van der Waals surface area contributed by atoms with Gasteiger partial charge in [0.25, 0.3) is 22.9 Å². The first kappa shape index (κ1) is 68.9. The van der Waals surface area contributed by atoms with Crippen LogP contribution in [0.25, 0.3) is 50.1 Å². The number of carbonyl (C=O) groups excluding carboxylic acids is 4. The Kier molecular flexibility index (Phi) is 25.1. The molecule has 8 rings (SSSR count). The van der Waals surface area contributed by atoms with Gasteiger partial charge in [0, 0.05) is 73.0 Å². The summed E-state index contributed by atoms with van der Waals surface area (Å²) in [5.41, 5.74) is 4.08. The summed E-state index contributed by atoms with van der Waals surface area (Å²) in [6.45, 7) is 15.3. The molecule has 0 fully saturated rings. The number of alkyl halides is 3. The van der Waals surface area contributed by atoms with Crippen LogP contribution in [0.5, 0.6) is 0 Å². The number of halogens is 3. The van der Waals surface area contributed by atoms with Crippen LogP contribution in [0.1, 0.15) is 74.5 Å². The topological polar surface area (TPSA) is 256 Å². The van der Waals surface area contributed by atoms with Gasteiger partial charge in [-0.15, -0.1) is 0 Å². The number of nitriles is 1. The van der Waals surface area contributed by atoms with Gasteiger partial charge in [-0.1, -0.05) is 30.3 Å². The van der Waals surface area contributed by atoms with Gasteiger partial charge in [0.2, 0.25) is 5.78 Å².